The Hall–Kier alpha value is -2.29. The van der Waals surface area contributed by atoms with Crippen LogP contribution in [0.1, 0.15) is 223 Å². The van der Waals surface area contributed by atoms with Crippen molar-refractivity contribution in [1.29, 1.82) is 0 Å². The Balaban J connectivity index is 2.41. The van der Waals surface area contributed by atoms with Gasteiger partial charge in [-0.1, -0.05) is 218 Å². The zero-order chi connectivity index (χ0) is 37.3. The minimum Gasteiger partial charge on any atom is -0.370 e. The molecule has 0 aromatic heterocycles. The first-order chi connectivity index (χ1) is 25.7. The Morgan fingerprint density at radius 1 is 0.385 bits per heavy atom. The molecule has 0 atom stereocenters. The van der Waals surface area contributed by atoms with Gasteiger partial charge in [-0.2, -0.15) is 0 Å². The fourth-order valence-corrected chi connectivity index (χ4v) is 7.77. The lowest BCUT2D eigenvalue weighted by Crippen LogP contribution is -2.33. The van der Waals surface area contributed by atoms with Gasteiger partial charge in [0.15, 0.2) is 5.78 Å². The van der Waals surface area contributed by atoms with Crippen LogP contribution in [0.4, 0.5) is 11.4 Å². The smallest absolute Gasteiger partial charge is 0.195 e. The van der Waals surface area contributed by atoms with Gasteiger partial charge in [0, 0.05) is 37.3 Å². The molecule has 52 heavy (non-hydrogen) atoms. The molecule has 0 saturated heterocycles. The van der Waals surface area contributed by atoms with Gasteiger partial charge < -0.3 is 9.80 Å². The number of benzene rings is 2. The maximum absolute atomic E-state index is 14.4. The van der Waals surface area contributed by atoms with E-state index in [0.29, 0.717) is 0 Å². The van der Waals surface area contributed by atoms with Gasteiger partial charge in [0.1, 0.15) is 0 Å². The van der Waals surface area contributed by atoms with Gasteiger partial charge in [-0.15, -0.1) is 0 Å². The second kappa shape index (κ2) is 32.2. The van der Waals surface area contributed by atoms with Crippen molar-refractivity contribution in [1.82, 2.24) is 0 Å². The summed E-state index contributed by atoms with van der Waals surface area (Å²) in [5, 5.41) is 0. The topological polar surface area (TPSA) is 23.6 Å². The van der Waals surface area contributed by atoms with E-state index >= 15 is 0 Å². The molecule has 0 saturated carbocycles. The summed E-state index contributed by atoms with van der Waals surface area (Å²) >= 11 is 0. The lowest BCUT2D eigenvalue weighted by Gasteiger charge is -2.34. The second-order valence-electron chi connectivity index (χ2n) is 15.8. The lowest BCUT2D eigenvalue weighted by molar-refractivity contribution is 0.103. The summed E-state index contributed by atoms with van der Waals surface area (Å²) < 4.78 is 0. The van der Waals surface area contributed by atoms with E-state index in [2.05, 4.69) is 55.7 Å². The number of nitrogens with zero attached hydrogens (tertiary/aromatic N) is 2. The number of carbonyl (C=O) groups is 1. The van der Waals surface area contributed by atoms with Gasteiger partial charge in [-0.3, -0.25) is 4.79 Å². The summed E-state index contributed by atoms with van der Waals surface area (Å²) in [7, 11) is 0. The highest BCUT2D eigenvalue weighted by Gasteiger charge is 2.24. The standard InChI is InChI=1S/C49H84N2O/c1-5-9-13-17-21-25-32-41-50(42-33-26-22-18-14-10-6-2)47-40-36-39-46(49(52)45-37-30-29-31-38-45)48(47)51(43-34-27-23-19-15-11-7-3)44-35-28-24-20-16-12-8-4/h29-31,36-40H,5-28,32-35,41-44H2,1-4H3. The minimum absolute atomic E-state index is 0.174. The average molecular weight is 717 g/mol. The van der Waals surface area contributed by atoms with Crippen LogP contribution >= 0.6 is 0 Å². The van der Waals surface area contributed by atoms with Crippen LogP contribution < -0.4 is 9.80 Å². The first kappa shape index (κ1) is 45.9. The fraction of sp³-hybridized carbons (Fsp3) is 0.735. The van der Waals surface area contributed by atoms with Gasteiger partial charge in [0.05, 0.1) is 11.4 Å². The molecule has 0 bridgehead atoms. The highest BCUT2D eigenvalue weighted by molar-refractivity contribution is 6.14. The molecule has 0 unspecified atom stereocenters. The molecule has 0 aliphatic heterocycles. The van der Waals surface area contributed by atoms with Crippen LogP contribution in [0.5, 0.6) is 0 Å². The SMILES string of the molecule is CCCCCCCCCN(CCCCCCCCC)c1cccc(C(=O)c2ccccc2)c1N(CCCCCCCCC)CCCCCCCCC. The largest absolute Gasteiger partial charge is 0.370 e. The van der Waals surface area contributed by atoms with E-state index in [9.17, 15) is 4.79 Å². The Morgan fingerprint density at radius 2 is 0.731 bits per heavy atom. The van der Waals surface area contributed by atoms with Gasteiger partial charge in [0.25, 0.3) is 0 Å². The predicted octanol–water partition coefficient (Wildman–Crippen LogP) is 15.5. The third-order valence-electron chi connectivity index (χ3n) is 11.1. The molecule has 3 nitrogen and oxygen atoms in total. The van der Waals surface area contributed by atoms with Crippen molar-refractivity contribution in [3.63, 3.8) is 0 Å². The van der Waals surface area contributed by atoms with Crippen LogP contribution in [0.25, 0.3) is 0 Å². The molecule has 0 N–H and O–H groups in total. The van der Waals surface area contributed by atoms with Gasteiger partial charge in [0.2, 0.25) is 0 Å². The monoisotopic (exact) mass is 717 g/mol. The van der Waals surface area contributed by atoms with E-state index in [1.807, 2.05) is 30.3 Å². The first-order valence-electron chi connectivity index (χ1n) is 22.9. The predicted molar refractivity (Wildman–Crippen MR) is 233 cm³/mol. The number of hydrogen-bond acceptors (Lipinski definition) is 3. The van der Waals surface area contributed by atoms with Gasteiger partial charge in [-0.05, 0) is 37.8 Å². The quantitative estimate of drug-likeness (QED) is 0.0518. The molecule has 0 fully saturated rings. The zero-order valence-corrected chi connectivity index (χ0v) is 35.0. The minimum atomic E-state index is 0.174. The number of hydrogen-bond donors (Lipinski definition) is 0. The average Bonchev–Trinajstić information content (AvgIpc) is 3.17. The van der Waals surface area contributed by atoms with E-state index in [1.54, 1.807) is 0 Å². The van der Waals surface area contributed by atoms with Crippen molar-refractivity contribution in [2.24, 2.45) is 0 Å². The first-order valence-corrected chi connectivity index (χ1v) is 22.9. The summed E-state index contributed by atoms with van der Waals surface area (Å²) in [5.74, 6) is 0.174. The molecular formula is C49H84N2O. The Kier molecular flexibility index (Phi) is 28.4. The van der Waals surface area contributed by atoms with Gasteiger partial charge in [-0.25, -0.2) is 0 Å². The van der Waals surface area contributed by atoms with E-state index in [4.69, 9.17) is 0 Å². The maximum Gasteiger partial charge on any atom is 0.195 e. The van der Waals surface area contributed by atoms with Crippen molar-refractivity contribution >= 4 is 17.2 Å². The molecule has 0 aliphatic carbocycles. The fourth-order valence-electron chi connectivity index (χ4n) is 7.77. The highest BCUT2D eigenvalue weighted by atomic mass is 16.1. The van der Waals surface area contributed by atoms with Crippen molar-refractivity contribution in [3.05, 3.63) is 59.7 Å². The molecule has 0 heterocycles. The number of ketones is 1. The number of anilines is 2. The Morgan fingerprint density at radius 3 is 1.12 bits per heavy atom. The van der Waals surface area contributed by atoms with Crippen molar-refractivity contribution in [2.75, 3.05) is 36.0 Å². The molecule has 0 amide bonds. The van der Waals surface area contributed by atoms with Crippen LogP contribution in [0.3, 0.4) is 0 Å². The summed E-state index contributed by atoms with van der Waals surface area (Å²) in [5.41, 5.74) is 4.24. The molecule has 2 aromatic rings. The van der Waals surface area contributed by atoms with Crippen LogP contribution in [0.2, 0.25) is 0 Å². The van der Waals surface area contributed by atoms with Gasteiger partial charge >= 0.3 is 0 Å². The van der Waals surface area contributed by atoms with Crippen LogP contribution in [0, 0.1) is 0 Å². The van der Waals surface area contributed by atoms with E-state index in [0.717, 1.165) is 37.3 Å². The van der Waals surface area contributed by atoms with Crippen molar-refractivity contribution in [2.45, 2.75) is 207 Å². The molecule has 0 spiro atoms. The summed E-state index contributed by atoms with van der Waals surface area (Å²) in [6, 6.07) is 16.7. The molecular weight excluding hydrogens is 633 g/mol. The highest BCUT2D eigenvalue weighted by Crippen LogP contribution is 2.36. The number of rotatable bonds is 36. The van der Waals surface area contributed by atoms with Crippen LogP contribution in [-0.2, 0) is 0 Å². The van der Waals surface area contributed by atoms with E-state index in [1.165, 1.54) is 191 Å². The van der Waals surface area contributed by atoms with Crippen LogP contribution in [-0.4, -0.2) is 32.0 Å². The van der Waals surface area contributed by atoms with Crippen molar-refractivity contribution < 1.29 is 4.79 Å². The second-order valence-corrected chi connectivity index (χ2v) is 15.8. The third kappa shape index (κ3) is 20.2. The molecule has 296 valence electrons. The molecule has 3 heteroatoms. The van der Waals surface area contributed by atoms with E-state index < -0.39 is 0 Å². The number of para-hydroxylation sites is 1. The van der Waals surface area contributed by atoms with E-state index in [-0.39, 0.29) is 5.78 Å². The molecule has 2 aromatic carbocycles. The molecule has 0 radical (unpaired) electrons. The van der Waals surface area contributed by atoms with Crippen LogP contribution in [0.15, 0.2) is 48.5 Å². The Labute approximate surface area is 324 Å². The maximum atomic E-state index is 14.4. The van der Waals surface area contributed by atoms with Crippen molar-refractivity contribution in [3.8, 4) is 0 Å². The Bertz CT molecular complexity index is 1060. The summed E-state index contributed by atoms with van der Waals surface area (Å²) in [6.07, 6.45) is 36.9. The number of carbonyl (C=O) groups excluding carboxylic acids is 1. The zero-order valence-electron chi connectivity index (χ0n) is 35.0. The number of unbranched alkanes of at least 4 members (excludes halogenated alkanes) is 24. The normalized spacial score (nSPS) is 11.3. The molecule has 0 aliphatic rings. The summed E-state index contributed by atoms with van der Waals surface area (Å²) in [4.78, 5) is 19.8. The molecule has 2 rings (SSSR count). The summed E-state index contributed by atoms with van der Waals surface area (Å²) in [6.45, 7) is 13.5. The third-order valence-corrected chi connectivity index (χ3v) is 11.1. The lowest BCUT2D eigenvalue weighted by atomic mass is 9.98.